The van der Waals surface area contributed by atoms with E-state index in [0.29, 0.717) is 17.1 Å². The molecule has 0 aliphatic heterocycles. The molecule has 0 aliphatic carbocycles. The number of hydrogen-bond donors (Lipinski definition) is 1. The van der Waals surface area contributed by atoms with E-state index in [9.17, 15) is 0 Å². The van der Waals surface area contributed by atoms with E-state index in [4.69, 9.17) is 11.0 Å². The van der Waals surface area contributed by atoms with Crippen molar-refractivity contribution in [3.8, 4) is 11.9 Å². The summed E-state index contributed by atoms with van der Waals surface area (Å²) in [6.45, 7) is 0. The highest BCUT2D eigenvalue weighted by atomic mass is 15.3. The summed E-state index contributed by atoms with van der Waals surface area (Å²) in [6.07, 6.45) is 5.86. The van der Waals surface area contributed by atoms with E-state index in [2.05, 4.69) is 15.1 Å². The second-order valence-electron chi connectivity index (χ2n) is 2.59. The van der Waals surface area contributed by atoms with Gasteiger partial charge in [0, 0.05) is 0 Å². The predicted molar refractivity (Wildman–Crippen MR) is 48.3 cm³/mol. The zero-order valence-electron chi connectivity index (χ0n) is 7.12. The number of nitrogens with zero attached hydrogens (tertiary/aromatic N) is 5. The average molecular weight is 186 g/mol. The number of anilines is 1. The number of nitrogens with two attached hydrogens (primary N) is 1. The highest BCUT2D eigenvalue weighted by Crippen LogP contribution is 2.10. The van der Waals surface area contributed by atoms with Gasteiger partial charge in [0.2, 0.25) is 0 Å². The zero-order chi connectivity index (χ0) is 9.97. The molecule has 0 unspecified atom stereocenters. The van der Waals surface area contributed by atoms with E-state index in [1.807, 2.05) is 6.07 Å². The largest absolute Gasteiger partial charge is 0.394 e. The number of nitriles is 1. The molecule has 14 heavy (non-hydrogen) atoms. The van der Waals surface area contributed by atoms with Crippen LogP contribution in [-0.4, -0.2) is 19.7 Å². The van der Waals surface area contributed by atoms with Crippen LogP contribution in [0.1, 0.15) is 5.56 Å². The standard InChI is InChI=1S/C8H6N6/c9-1-6-2-13-14(4-6)8-7(10)3-11-5-12-8/h2-5H,10H2. The van der Waals surface area contributed by atoms with Gasteiger partial charge in [-0.3, -0.25) is 0 Å². The lowest BCUT2D eigenvalue weighted by molar-refractivity contribution is 0.843. The van der Waals surface area contributed by atoms with Crippen LogP contribution in [0.3, 0.4) is 0 Å². The average Bonchev–Trinajstić information content (AvgIpc) is 2.67. The molecule has 6 nitrogen and oxygen atoms in total. The van der Waals surface area contributed by atoms with Gasteiger partial charge in [0.25, 0.3) is 0 Å². The van der Waals surface area contributed by atoms with Crippen molar-refractivity contribution in [1.82, 2.24) is 19.7 Å². The molecule has 0 aromatic carbocycles. The summed E-state index contributed by atoms with van der Waals surface area (Å²) in [5, 5.41) is 12.5. The highest BCUT2D eigenvalue weighted by molar-refractivity contribution is 5.50. The van der Waals surface area contributed by atoms with Crippen LogP contribution in [0.2, 0.25) is 0 Å². The van der Waals surface area contributed by atoms with Crippen molar-refractivity contribution >= 4 is 5.69 Å². The van der Waals surface area contributed by atoms with Gasteiger partial charge in [-0.2, -0.15) is 10.4 Å². The molecule has 0 radical (unpaired) electrons. The van der Waals surface area contributed by atoms with Crippen molar-refractivity contribution in [2.45, 2.75) is 0 Å². The fourth-order valence-electron chi connectivity index (χ4n) is 1.02. The lowest BCUT2D eigenvalue weighted by Crippen LogP contribution is -2.03. The molecule has 0 amide bonds. The van der Waals surface area contributed by atoms with Crippen LogP contribution in [0.5, 0.6) is 0 Å². The van der Waals surface area contributed by atoms with Gasteiger partial charge in [-0.1, -0.05) is 0 Å². The quantitative estimate of drug-likeness (QED) is 0.682. The Morgan fingerprint density at radius 3 is 2.93 bits per heavy atom. The third-order valence-electron chi connectivity index (χ3n) is 1.65. The molecular weight excluding hydrogens is 180 g/mol. The van der Waals surface area contributed by atoms with Crippen LogP contribution in [0, 0.1) is 11.3 Å². The third kappa shape index (κ3) is 1.27. The van der Waals surface area contributed by atoms with Crippen molar-refractivity contribution in [1.29, 1.82) is 5.26 Å². The van der Waals surface area contributed by atoms with E-state index in [0.717, 1.165) is 0 Å². The van der Waals surface area contributed by atoms with Crippen molar-refractivity contribution in [2.24, 2.45) is 0 Å². The number of rotatable bonds is 1. The van der Waals surface area contributed by atoms with E-state index >= 15 is 0 Å². The first-order chi connectivity index (χ1) is 6.81. The Hall–Kier alpha value is -2.42. The summed E-state index contributed by atoms with van der Waals surface area (Å²) in [5.74, 6) is 0.474. The molecule has 2 N–H and O–H groups in total. The molecule has 68 valence electrons. The van der Waals surface area contributed by atoms with Crippen LogP contribution in [0.4, 0.5) is 5.69 Å². The predicted octanol–water partition coefficient (Wildman–Crippen LogP) is 0.116. The summed E-state index contributed by atoms with van der Waals surface area (Å²) in [7, 11) is 0. The van der Waals surface area contributed by atoms with Crippen molar-refractivity contribution < 1.29 is 0 Å². The van der Waals surface area contributed by atoms with Crippen LogP contribution in [-0.2, 0) is 0 Å². The highest BCUT2D eigenvalue weighted by Gasteiger charge is 2.04. The SMILES string of the molecule is N#Cc1cnn(-c2ncncc2N)c1. The Morgan fingerprint density at radius 1 is 1.43 bits per heavy atom. The molecule has 0 fully saturated rings. The molecule has 6 heteroatoms. The van der Waals surface area contributed by atoms with Crippen molar-refractivity contribution in [3.63, 3.8) is 0 Å². The number of hydrogen-bond acceptors (Lipinski definition) is 5. The summed E-state index contributed by atoms with van der Waals surface area (Å²) in [5.41, 5.74) is 6.51. The Morgan fingerprint density at radius 2 is 2.29 bits per heavy atom. The molecule has 0 saturated heterocycles. The van der Waals surface area contributed by atoms with E-state index < -0.39 is 0 Å². The second kappa shape index (κ2) is 3.14. The van der Waals surface area contributed by atoms with E-state index in [-0.39, 0.29) is 0 Å². The molecule has 2 aromatic heterocycles. The topological polar surface area (TPSA) is 93.4 Å². The maximum absolute atomic E-state index is 8.60. The number of aromatic nitrogens is 4. The fraction of sp³-hybridized carbons (Fsp3) is 0. The van der Waals surface area contributed by atoms with Gasteiger partial charge in [0.1, 0.15) is 12.4 Å². The first-order valence-electron chi connectivity index (χ1n) is 3.82. The van der Waals surface area contributed by atoms with Gasteiger partial charge in [0.05, 0.1) is 29.8 Å². The minimum absolute atomic E-state index is 0.417. The van der Waals surface area contributed by atoms with Crippen molar-refractivity contribution in [2.75, 3.05) is 5.73 Å². The Balaban J connectivity index is 2.51. The summed E-state index contributed by atoms with van der Waals surface area (Å²) < 4.78 is 1.44. The van der Waals surface area contributed by atoms with Gasteiger partial charge < -0.3 is 5.73 Å². The first kappa shape index (κ1) is 8.19. The Kier molecular flexibility index (Phi) is 1.84. The fourth-order valence-corrected chi connectivity index (χ4v) is 1.02. The minimum Gasteiger partial charge on any atom is -0.394 e. The van der Waals surface area contributed by atoms with Gasteiger partial charge in [-0.25, -0.2) is 14.6 Å². The molecule has 2 rings (SSSR count). The van der Waals surface area contributed by atoms with Crippen LogP contribution in [0.25, 0.3) is 5.82 Å². The normalized spacial score (nSPS) is 9.64. The van der Waals surface area contributed by atoms with Crippen LogP contribution in [0.15, 0.2) is 24.9 Å². The third-order valence-corrected chi connectivity index (χ3v) is 1.65. The Labute approximate surface area is 79.6 Å². The monoisotopic (exact) mass is 186 g/mol. The zero-order valence-corrected chi connectivity index (χ0v) is 7.12. The first-order valence-corrected chi connectivity index (χ1v) is 3.82. The molecule has 0 aliphatic rings. The van der Waals surface area contributed by atoms with Gasteiger partial charge in [0.15, 0.2) is 5.82 Å². The van der Waals surface area contributed by atoms with Gasteiger partial charge in [-0.15, -0.1) is 0 Å². The van der Waals surface area contributed by atoms with E-state index in [1.165, 1.54) is 23.4 Å². The summed E-state index contributed by atoms with van der Waals surface area (Å²) in [6, 6.07) is 1.97. The molecular formula is C8H6N6. The van der Waals surface area contributed by atoms with Crippen LogP contribution < -0.4 is 5.73 Å². The molecule has 2 heterocycles. The lowest BCUT2D eigenvalue weighted by atomic mass is 10.4. The second-order valence-corrected chi connectivity index (χ2v) is 2.59. The minimum atomic E-state index is 0.417. The maximum atomic E-state index is 8.60. The smallest absolute Gasteiger partial charge is 0.179 e. The number of nitrogen functional groups attached to an aromatic ring is 1. The molecule has 2 aromatic rings. The van der Waals surface area contributed by atoms with Crippen molar-refractivity contribution in [3.05, 3.63) is 30.5 Å². The summed E-state index contributed by atoms with van der Waals surface area (Å²) >= 11 is 0. The molecule has 0 saturated carbocycles. The van der Waals surface area contributed by atoms with Gasteiger partial charge in [-0.05, 0) is 0 Å². The van der Waals surface area contributed by atoms with Crippen LogP contribution >= 0.6 is 0 Å². The maximum Gasteiger partial charge on any atom is 0.179 e. The Bertz CT molecular complexity index is 495. The van der Waals surface area contributed by atoms with E-state index in [1.54, 1.807) is 6.20 Å². The molecule has 0 spiro atoms. The molecule has 0 bridgehead atoms. The summed E-state index contributed by atoms with van der Waals surface area (Å²) in [4.78, 5) is 7.71. The van der Waals surface area contributed by atoms with Gasteiger partial charge >= 0.3 is 0 Å². The lowest BCUT2D eigenvalue weighted by Gasteiger charge is -2.01. The molecule has 0 atom stereocenters.